The number of hydrogen-bond donors (Lipinski definition) is 3. The van der Waals surface area contributed by atoms with Crippen LogP contribution in [0.4, 0.5) is 4.79 Å². The van der Waals surface area contributed by atoms with Crippen LogP contribution in [0.25, 0.3) is 0 Å². The lowest BCUT2D eigenvalue weighted by Crippen LogP contribution is -2.52. The van der Waals surface area contributed by atoms with Gasteiger partial charge in [-0.2, -0.15) is 0 Å². The predicted octanol–water partition coefficient (Wildman–Crippen LogP) is 1.11. The summed E-state index contributed by atoms with van der Waals surface area (Å²) in [7, 11) is 0. The fraction of sp³-hybridized carbons (Fsp3) is 0.846. The topological polar surface area (TPSA) is 87.7 Å². The molecule has 2 fully saturated rings. The van der Waals surface area contributed by atoms with E-state index in [0.717, 1.165) is 38.7 Å². The molecule has 3 atom stereocenters. The van der Waals surface area contributed by atoms with Crippen LogP contribution in [0, 0.1) is 5.92 Å². The molecule has 3 N–H and O–H groups in total. The average molecular weight is 270 g/mol. The molecule has 19 heavy (non-hydrogen) atoms. The number of urea groups is 1. The molecule has 0 bridgehead atoms. The second-order valence-electron chi connectivity index (χ2n) is 5.37. The van der Waals surface area contributed by atoms with Crippen molar-refractivity contribution in [1.29, 1.82) is 0 Å². The molecular formula is C13H22N2O4. The Bertz CT molecular complexity index is 329. The smallest absolute Gasteiger partial charge is 0.315 e. The zero-order chi connectivity index (χ0) is 13.7. The molecule has 2 rings (SSSR count). The second kappa shape index (κ2) is 6.75. The third-order valence-corrected chi connectivity index (χ3v) is 3.90. The van der Waals surface area contributed by atoms with E-state index in [1.165, 1.54) is 0 Å². The van der Waals surface area contributed by atoms with Crippen LogP contribution in [-0.4, -0.2) is 42.4 Å². The summed E-state index contributed by atoms with van der Waals surface area (Å²) in [4.78, 5) is 23.0. The number of carboxylic acid groups (broad SMARTS) is 1. The highest BCUT2D eigenvalue weighted by Gasteiger charge is 2.32. The van der Waals surface area contributed by atoms with Gasteiger partial charge in [0.1, 0.15) is 0 Å². The van der Waals surface area contributed by atoms with Crippen molar-refractivity contribution in [2.24, 2.45) is 5.92 Å². The highest BCUT2D eigenvalue weighted by molar-refractivity contribution is 5.77. The first-order valence-corrected chi connectivity index (χ1v) is 7.04. The van der Waals surface area contributed by atoms with Crippen molar-refractivity contribution in [3.05, 3.63) is 0 Å². The third-order valence-electron chi connectivity index (χ3n) is 3.90. The van der Waals surface area contributed by atoms with Gasteiger partial charge in [0, 0.05) is 12.6 Å². The van der Waals surface area contributed by atoms with Gasteiger partial charge in [-0.25, -0.2) is 4.79 Å². The largest absolute Gasteiger partial charge is 0.481 e. The highest BCUT2D eigenvalue weighted by Crippen LogP contribution is 2.24. The Morgan fingerprint density at radius 2 is 1.84 bits per heavy atom. The van der Waals surface area contributed by atoms with Crippen molar-refractivity contribution in [2.75, 3.05) is 13.2 Å². The number of carboxylic acids is 1. The fourth-order valence-corrected chi connectivity index (χ4v) is 2.85. The maximum absolute atomic E-state index is 11.9. The van der Waals surface area contributed by atoms with Crippen molar-refractivity contribution in [1.82, 2.24) is 10.6 Å². The van der Waals surface area contributed by atoms with Crippen LogP contribution in [0.3, 0.4) is 0 Å². The Hall–Kier alpha value is -1.30. The first-order valence-electron chi connectivity index (χ1n) is 7.04. The van der Waals surface area contributed by atoms with Gasteiger partial charge in [0.2, 0.25) is 0 Å². The van der Waals surface area contributed by atoms with Crippen LogP contribution in [0.2, 0.25) is 0 Å². The minimum absolute atomic E-state index is 0.0422. The number of hydrogen-bond acceptors (Lipinski definition) is 3. The zero-order valence-electron chi connectivity index (χ0n) is 11.1. The van der Waals surface area contributed by atoms with Crippen molar-refractivity contribution in [3.63, 3.8) is 0 Å². The summed E-state index contributed by atoms with van der Waals surface area (Å²) >= 11 is 0. The van der Waals surface area contributed by atoms with Gasteiger partial charge in [0.15, 0.2) is 0 Å². The van der Waals surface area contributed by atoms with Gasteiger partial charge in [-0.1, -0.05) is 12.8 Å². The van der Waals surface area contributed by atoms with E-state index in [2.05, 4.69) is 10.6 Å². The third kappa shape index (κ3) is 4.09. The lowest BCUT2D eigenvalue weighted by molar-refractivity contribution is -0.143. The van der Waals surface area contributed by atoms with E-state index in [1.54, 1.807) is 0 Å². The molecule has 2 amide bonds. The Labute approximate surface area is 112 Å². The van der Waals surface area contributed by atoms with E-state index in [4.69, 9.17) is 9.84 Å². The van der Waals surface area contributed by atoms with Gasteiger partial charge >= 0.3 is 12.0 Å². The van der Waals surface area contributed by atoms with Crippen LogP contribution in [0.15, 0.2) is 0 Å². The van der Waals surface area contributed by atoms with Gasteiger partial charge in [-0.05, 0) is 25.7 Å². The first-order chi connectivity index (χ1) is 9.16. The fourth-order valence-electron chi connectivity index (χ4n) is 2.85. The summed E-state index contributed by atoms with van der Waals surface area (Å²) in [5, 5.41) is 14.8. The van der Waals surface area contributed by atoms with Crippen LogP contribution in [0.5, 0.6) is 0 Å². The molecule has 3 unspecified atom stereocenters. The molecule has 0 spiro atoms. The summed E-state index contributed by atoms with van der Waals surface area (Å²) in [5.74, 6) is -1.27. The number of carbonyl (C=O) groups excluding carboxylic acids is 1. The highest BCUT2D eigenvalue weighted by atomic mass is 16.5. The standard InChI is InChI=1S/C13H22N2O4/c16-12(17)10-5-1-2-6-11(10)15-13(18)14-9-4-3-7-19-8-9/h9-11H,1-8H2,(H,16,17)(H2,14,15,18). The molecule has 6 nitrogen and oxygen atoms in total. The van der Waals surface area contributed by atoms with Crippen LogP contribution in [0.1, 0.15) is 38.5 Å². The maximum Gasteiger partial charge on any atom is 0.315 e. The van der Waals surface area contributed by atoms with Crippen molar-refractivity contribution < 1.29 is 19.4 Å². The van der Waals surface area contributed by atoms with E-state index < -0.39 is 11.9 Å². The Morgan fingerprint density at radius 3 is 2.53 bits per heavy atom. The van der Waals surface area contributed by atoms with Gasteiger partial charge in [0.25, 0.3) is 0 Å². The van der Waals surface area contributed by atoms with E-state index in [-0.39, 0.29) is 18.1 Å². The lowest BCUT2D eigenvalue weighted by atomic mass is 9.84. The van der Waals surface area contributed by atoms with Crippen molar-refractivity contribution in [2.45, 2.75) is 50.6 Å². The summed E-state index contributed by atoms with van der Waals surface area (Å²) in [6, 6.07) is -0.481. The van der Waals surface area contributed by atoms with Gasteiger partial charge < -0.3 is 20.5 Å². The molecule has 1 aliphatic heterocycles. The molecule has 1 saturated heterocycles. The predicted molar refractivity (Wildman–Crippen MR) is 68.9 cm³/mol. The normalized spacial score (nSPS) is 31.5. The summed E-state index contributed by atoms with van der Waals surface area (Å²) in [6.07, 6.45) is 5.15. The van der Waals surface area contributed by atoms with E-state index in [1.807, 2.05) is 0 Å². The van der Waals surface area contributed by atoms with E-state index >= 15 is 0 Å². The average Bonchev–Trinajstić information content (AvgIpc) is 2.40. The van der Waals surface area contributed by atoms with Crippen molar-refractivity contribution >= 4 is 12.0 Å². The second-order valence-corrected chi connectivity index (χ2v) is 5.37. The monoisotopic (exact) mass is 270 g/mol. The molecule has 0 aromatic carbocycles. The minimum atomic E-state index is -0.814. The van der Waals surface area contributed by atoms with Crippen LogP contribution >= 0.6 is 0 Å². The van der Waals surface area contributed by atoms with E-state index in [0.29, 0.717) is 13.0 Å². The van der Waals surface area contributed by atoms with Gasteiger partial charge in [0.05, 0.1) is 18.6 Å². The molecule has 2 aliphatic rings. The van der Waals surface area contributed by atoms with E-state index in [9.17, 15) is 9.59 Å². The quantitative estimate of drug-likeness (QED) is 0.717. The summed E-state index contributed by atoms with van der Waals surface area (Å²) < 4.78 is 5.30. The zero-order valence-corrected chi connectivity index (χ0v) is 11.1. The molecule has 108 valence electrons. The summed E-state index contributed by atoms with van der Waals surface area (Å²) in [5.41, 5.74) is 0. The number of carbonyl (C=O) groups is 2. The molecule has 1 aliphatic carbocycles. The molecular weight excluding hydrogens is 248 g/mol. The molecule has 1 heterocycles. The number of nitrogens with one attached hydrogen (secondary N) is 2. The molecule has 0 aromatic heterocycles. The Morgan fingerprint density at radius 1 is 1.05 bits per heavy atom. The first kappa shape index (κ1) is 14.1. The molecule has 0 aromatic rings. The summed E-state index contributed by atoms with van der Waals surface area (Å²) in [6.45, 7) is 1.30. The minimum Gasteiger partial charge on any atom is -0.481 e. The SMILES string of the molecule is O=C(NC1CCCOC1)NC1CCCCC1C(=O)O. The molecule has 6 heteroatoms. The Balaban J connectivity index is 1.80. The van der Waals surface area contributed by atoms with Crippen LogP contribution in [-0.2, 0) is 9.53 Å². The van der Waals surface area contributed by atoms with Gasteiger partial charge in [-0.3, -0.25) is 4.79 Å². The molecule has 1 saturated carbocycles. The number of rotatable bonds is 3. The lowest BCUT2D eigenvalue weighted by Gasteiger charge is -2.30. The number of aliphatic carboxylic acids is 1. The maximum atomic E-state index is 11.9. The number of ether oxygens (including phenoxy) is 1. The number of amides is 2. The van der Waals surface area contributed by atoms with Crippen molar-refractivity contribution in [3.8, 4) is 0 Å². The van der Waals surface area contributed by atoms with Crippen LogP contribution < -0.4 is 10.6 Å². The Kier molecular flexibility index (Phi) is 5.01. The molecule has 0 radical (unpaired) electrons. The van der Waals surface area contributed by atoms with Gasteiger partial charge in [-0.15, -0.1) is 0 Å².